The summed E-state index contributed by atoms with van der Waals surface area (Å²) in [6.45, 7) is 6.89. The van der Waals surface area contributed by atoms with Crippen molar-refractivity contribution in [3.05, 3.63) is 39.8 Å². The monoisotopic (exact) mass is 415 g/mol. The van der Waals surface area contributed by atoms with E-state index >= 15 is 0 Å². The van der Waals surface area contributed by atoms with Gasteiger partial charge in [0.2, 0.25) is 5.01 Å². The van der Waals surface area contributed by atoms with Gasteiger partial charge in [-0.3, -0.25) is 9.59 Å². The van der Waals surface area contributed by atoms with Crippen LogP contribution in [0.5, 0.6) is 0 Å². The first kappa shape index (κ1) is 21.4. The predicted octanol–water partition coefficient (Wildman–Crippen LogP) is 3.48. The smallest absolute Gasteiger partial charge is 0.286 e. The molecule has 3 rings (SSSR count). The van der Waals surface area contributed by atoms with Gasteiger partial charge in [-0.25, -0.2) is 0 Å². The third kappa shape index (κ3) is 6.08. The largest absolute Gasteiger partial charge is 0.352 e. The molecule has 2 aromatic rings. The van der Waals surface area contributed by atoms with Crippen molar-refractivity contribution in [1.82, 2.24) is 20.4 Å². The lowest BCUT2D eigenvalue weighted by molar-refractivity contribution is 0.0946. The Labute approximate surface area is 175 Å². The molecule has 2 amide bonds. The molecular weight excluding hydrogens is 386 g/mol. The van der Waals surface area contributed by atoms with E-state index in [0.717, 1.165) is 18.0 Å². The van der Waals surface area contributed by atoms with E-state index in [1.165, 1.54) is 43.6 Å². The lowest BCUT2D eigenvalue weighted by atomic mass is 10.00. The fourth-order valence-electron chi connectivity index (χ4n) is 3.71. The average molecular weight is 416 g/mol. The molecule has 2 N–H and O–H groups in total. The Morgan fingerprint density at radius 3 is 2.86 bits per heavy atom. The summed E-state index contributed by atoms with van der Waals surface area (Å²) in [6.07, 6.45) is 6.03. The fourth-order valence-corrected chi connectivity index (χ4v) is 4.30. The van der Waals surface area contributed by atoms with Crippen LogP contribution in [0.25, 0.3) is 0 Å². The number of nitrogens with one attached hydrogen (secondary N) is 2. The Morgan fingerprint density at radius 2 is 2.10 bits per heavy atom. The van der Waals surface area contributed by atoms with Crippen molar-refractivity contribution >= 4 is 28.8 Å². The normalized spacial score (nSPS) is 17.1. The van der Waals surface area contributed by atoms with Crippen molar-refractivity contribution in [3.8, 4) is 0 Å². The van der Waals surface area contributed by atoms with Crippen molar-refractivity contribution in [1.29, 1.82) is 0 Å². The van der Waals surface area contributed by atoms with Gasteiger partial charge in [-0.1, -0.05) is 30.7 Å². The van der Waals surface area contributed by atoms with E-state index in [1.54, 1.807) is 31.2 Å². The van der Waals surface area contributed by atoms with Gasteiger partial charge >= 0.3 is 0 Å². The van der Waals surface area contributed by atoms with E-state index in [-0.39, 0.29) is 11.8 Å². The highest BCUT2D eigenvalue weighted by molar-refractivity contribution is 7.13. The number of anilines is 1. The number of hydrogen-bond acceptors (Lipinski definition) is 6. The Balaban J connectivity index is 1.47. The van der Waals surface area contributed by atoms with E-state index in [2.05, 4.69) is 32.7 Å². The fraction of sp³-hybridized carbons (Fsp3) is 0.524. The van der Waals surface area contributed by atoms with Crippen LogP contribution in [0.4, 0.5) is 5.69 Å². The summed E-state index contributed by atoms with van der Waals surface area (Å²) in [5.41, 5.74) is 1.09. The van der Waals surface area contributed by atoms with Crippen molar-refractivity contribution in [2.75, 3.05) is 25.0 Å². The number of rotatable bonds is 8. The van der Waals surface area contributed by atoms with E-state index in [9.17, 15) is 9.59 Å². The lowest BCUT2D eigenvalue weighted by Crippen LogP contribution is -2.40. The molecule has 8 heteroatoms. The number of benzene rings is 1. The van der Waals surface area contributed by atoms with E-state index in [1.807, 2.05) is 0 Å². The maximum absolute atomic E-state index is 12.5. The maximum Gasteiger partial charge on any atom is 0.286 e. The van der Waals surface area contributed by atoms with Crippen LogP contribution in [-0.4, -0.2) is 52.6 Å². The summed E-state index contributed by atoms with van der Waals surface area (Å²) in [5.74, 6) is -0.446. The summed E-state index contributed by atoms with van der Waals surface area (Å²) in [6, 6.07) is 7.63. The van der Waals surface area contributed by atoms with Crippen LogP contribution >= 0.6 is 11.3 Å². The molecular formula is C21H29N5O2S. The molecule has 0 radical (unpaired) electrons. The van der Waals surface area contributed by atoms with Crippen molar-refractivity contribution in [2.45, 2.75) is 52.0 Å². The molecule has 1 fully saturated rings. The number of likely N-dealkylation sites (tertiary alicyclic amines) is 1. The van der Waals surface area contributed by atoms with Gasteiger partial charge < -0.3 is 15.5 Å². The van der Waals surface area contributed by atoms with Crippen LogP contribution in [0, 0.1) is 6.92 Å². The number of aromatic nitrogens is 2. The molecule has 1 unspecified atom stereocenters. The maximum atomic E-state index is 12.5. The van der Waals surface area contributed by atoms with Gasteiger partial charge in [-0.15, -0.1) is 10.2 Å². The summed E-state index contributed by atoms with van der Waals surface area (Å²) in [7, 11) is 0. The molecule has 0 spiro atoms. The highest BCUT2D eigenvalue weighted by Gasteiger charge is 2.20. The zero-order chi connectivity index (χ0) is 20.6. The van der Waals surface area contributed by atoms with Crippen LogP contribution in [0.3, 0.4) is 0 Å². The Morgan fingerprint density at radius 1 is 1.24 bits per heavy atom. The number of hydrogen-bond donors (Lipinski definition) is 2. The summed E-state index contributed by atoms with van der Waals surface area (Å²) in [5, 5.41) is 14.5. The van der Waals surface area contributed by atoms with Gasteiger partial charge in [0.15, 0.2) is 0 Å². The molecule has 29 heavy (non-hydrogen) atoms. The average Bonchev–Trinajstić information content (AvgIpc) is 3.18. The Hall–Kier alpha value is -2.32. The summed E-state index contributed by atoms with van der Waals surface area (Å²) in [4.78, 5) is 27.2. The topological polar surface area (TPSA) is 87.2 Å². The second-order valence-corrected chi connectivity index (χ2v) is 8.55. The third-order valence-corrected chi connectivity index (χ3v) is 6.07. The molecule has 0 aliphatic carbocycles. The van der Waals surface area contributed by atoms with Crippen LogP contribution in [0.2, 0.25) is 0 Å². The highest BCUT2D eigenvalue weighted by atomic mass is 32.1. The van der Waals surface area contributed by atoms with Crippen LogP contribution in [-0.2, 0) is 0 Å². The van der Waals surface area contributed by atoms with E-state index in [0.29, 0.717) is 28.8 Å². The first-order chi connectivity index (χ1) is 14.1. The first-order valence-electron chi connectivity index (χ1n) is 10.3. The SMILES string of the molecule is CCC1CCCCN1CCCNC(=O)c1cccc(NC(=O)c2nnc(C)s2)c1. The van der Waals surface area contributed by atoms with Crippen molar-refractivity contribution in [3.63, 3.8) is 0 Å². The number of carbonyl (C=O) groups is 2. The van der Waals surface area contributed by atoms with Gasteiger partial charge in [0.1, 0.15) is 5.01 Å². The van der Waals surface area contributed by atoms with Crippen molar-refractivity contribution < 1.29 is 9.59 Å². The molecule has 1 aliphatic heterocycles. The molecule has 1 saturated heterocycles. The molecule has 1 aromatic carbocycles. The quantitative estimate of drug-likeness (QED) is 0.645. The second kappa shape index (κ2) is 10.5. The molecule has 7 nitrogen and oxygen atoms in total. The number of nitrogens with zero attached hydrogens (tertiary/aromatic N) is 3. The van der Waals surface area contributed by atoms with Gasteiger partial charge in [-0.2, -0.15) is 0 Å². The second-order valence-electron chi connectivity index (χ2n) is 7.36. The van der Waals surface area contributed by atoms with Crippen LogP contribution < -0.4 is 10.6 Å². The minimum absolute atomic E-state index is 0.126. The van der Waals surface area contributed by atoms with Gasteiger partial charge in [0, 0.05) is 30.4 Å². The number of carbonyl (C=O) groups excluding carboxylic acids is 2. The number of piperidine rings is 1. The van der Waals surface area contributed by atoms with E-state index in [4.69, 9.17) is 0 Å². The zero-order valence-corrected chi connectivity index (χ0v) is 17.9. The first-order valence-corrected chi connectivity index (χ1v) is 11.1. The molecule has 156 valence electrons. The summed E-state index contributed by atoms with van der Waals surface area (Å²) < 4.78 is 0. The Kier molecular flexibility index (Phi) is 7.71. The van der Waals surface area contributed by atoms with Crippen LogP contribution in [0.1, 0.15) is 64.2 Å². The molecule has 1 aliphatic rings. The standard InChI is InChI=1S/C21H29N5O2S/c1-3-18-10-4-5-12-26(18)13-7-11-22-19(27)16-8-6-9-17(14-16)23-20(28)21-25-24-15(2)29-21/h6,8-9,14,18H,3-5,7,10-13H2,1-2H3,(H,22,27)(H,23,28). The minimum atomic E-state index is -0.319. The highest BCUT2D eigenvalue weighted by Crippen LogP contribution is 2.19. The number of aryl methyl sites for hydroxylation is 1. The Bertz CT molecular complexity index is 838. The van der Waals surface area contributed by atoms with Crippen LogP contribution in [0.15, 0.2) is 24.3 Å². The minimum Gasteiger partial charge on any atom is -0.352 e. The molecule has 0 bridgehead atoms. The lowest BCUT2D eigenvalue weighted by Gasteiger charge is -2.35. The molecule has 1 atom stereocenters. The molecule has 2 heterocycles. The molecule has 0 saturated carbocycles. The summed E-state index contributed by atoms with van der Waals surface area (Å²) >= 11 is 1.23. The number of amides is 2. The molecule has 1 aromatic heterocycles. The zero-order valence-electron chi connectivity index (χ0n) is 17.1. The van der Waals surface area contributed by atoms with E-state index < -0.39 is 0 Å². The predicted molar refractivity (Wildman–Crippen MR) is 115 cm³/mol. The van der Waals surface area contributed by atoms with Gasteiger partial charge in [-0.05, 0) is 57.4 Å². The van der Waals surface area contributed by atoms with Crippen molar-refractivity contribution in [2.24, 2.45) is 0 Å². The third-order valence-electron chi connectivity index (χ3n) is 5.23. The van der Waals surface area contributed by atoms with Gasteiger partial charge in [0.25, 0.3) is 11.8 Å². The van der Waals surface area contributed by atoms with Gasteiger partial charge in [0.05, 0.1) is 0 Å².